The van der Waals surface area contributed by atoms with E-state index in [4.69, 9.17) is 5.11 Å². The minimum Gasteiger partial charge on any atom is -0.395 e. The number of anilines is 3. The van der Waals surface area contributed by atoms with E-state index in [0.29, 0.717) is 36.2 Å². The van der Waals surface area contributed by atoms with Crippen molar-refractivity contribution < 1.29 is 9.50 Å². The molecule has 0 radical (unpaired) electrons. The summed E-state index contributed by atoms with van der Waals surface area (Å²) in [7, 11) is 0. The van der Waals surface area contributed by atoms with E-state index in [2.05, 4.69) is 30.7 Å². The summed E-state index contributed by atoms with van der Waals surface area (Å²) in [6, 6.07) is 10.2. The van der Waals surface area contributed by atoms with Crippen molar-refractivity contribution in [2.75, 3.05) is 23.8 Å². The molecule has 0 bridgehead atoms. The molecule has 0 fully saturated rings. The molecule has 0 unspecified atom stereocenters. The molecular weight excluding hydrogens is 361 g/mol. The van der Waals surface area contributed by atoms with Crippen LogP contribution in [-0.4, -0.2) is 43.0 Å². The van der Waals surface area contributed by atoms with Gasteiger partial charge < -0.3 is 15.7 Å². The summed E-state index contributed by atoms with van der Waals surface area (Å²) in [4.78, 5) is 12.8. The van der Waals surface area contributed by atoms with Gasteiger partial charge >= 0.3 is 0 Å². The number of pyridine rings is 1. The average molecular weight is 379 g/mol. The maximum atomic E-state index is 14.0. The minimum absolute atomic E-state index is 0.00869. The van der Waals surface area contributed by atoms with Gasteiger partial charge in [0.25, 0.3) is 0 Å². The molecule has 0 saturated carbocycles. The number of hydrogen-bond donors (Lipinski definition) is 3. The van der Waals surface area contributed by atoms with Crippen molar-refractivity contribution in [3.05, 3.63) is 66.4 Å². The third-order valence-electron chi connectivity index (χ3n) is 4.11. The number of fused-ring (bicyclic) bond motifs is 1. The predicted octanol–water partition coefficient (Wildman–Crippen LogP) is 2.56. The van der Waals surface area contributed by atoms with Gasteiger partial charge in [0.05, 0.1) is 24.9 Å². The molecule has 0 aliphatic rings. The highest BCUT2D eigenvalue weighted by Gasteiger charge is 2.09. The Hall–Kier alpha value is -3.59. The monoisotopic (exact) mass is 379 g/mol. The maximum Gasteiger partial charge on any atom is 0.224 e. The molecule has 0 atom stereocenters. The lowest BCUT2D eigenvalue weighted by atomic mass is 10.2. The Morgan fingerprint density at radius 2 is 1.96 bits per heavy atom. The Morgan fingerprint density at radius 1 is 1.07 bits per heavy atom. The molecule has 9 heteroatoms. The first-order valence-corrected chi connectivity index (χ1v) is 8.73. The number of aliphatic hydroxyl groups is 1. The summed E-state index contributed by atoms with van der Waals surface area (Å²) >= 11 is 0. The van der Waals surface area contributed by atoms with E-state index in [1.807, 2.05) is 6.07 Å². The zero-order valence-corrected chi connectivity index (χ0v) is 14.9. The molecule has 3 N–H and O–H groups in total. The van der Waals surface area contributed by atoms with Crippen LogP contribution in [0.1, 0.15) is 5.56 Å². The van der Waals surface area contributed by atoms with Crippen molar-refractivity contribution in [2.24, 2.45) is 0 Å². The largest absolute Gasteiger partial charge is 0.395 e. The van der Waals surface area contributed by atoms with E-state index in [9.17, 15) is 4.39 Å². The second-order valence-electron chi connectivity index (χ2n) is 6.06. The van der Waals surface area contributed by atoms with Crippen LogP contribution in [0.25, 0.3) is 10.9 Å². The molecule has 0 amide bonds. The predicted molar refractivity (Wildman–Crippen MR) is 104 cm³/mol. The first kappa shape index (κ1) is 17.8. The molecule has 4 rings (SSSR count). The number of nitrogens with one attached hydrogen (secondary N) is 2. The number of hydrogen-bond acceptors (Lipinski definition) is 7. The first-order chi connectivity index (χ1) is 13.7. The summed E-state index contributed by atoms with van der Waals surface area (Å²) in [5.41, 5.74) is 1.39. The fourth-order valence-corrected chi connectivity index (χ4v) is 2.77. The molecule has 0 aliphatic carbocycles. The molecule has 28 heavy (non-hydrogen) atoms. The number of rotatable bonds is 7. The summed E-state index contributed by atoms with van der Waals surface area (Å²) in [6.45, 7) is 0.677. The summed E-state index contributed by atoms with van der Waals surface area (Å²) in [5, 5.41) is 20.1. The second kappa shape index (κ2) is 7.97. The molecule has 3 heterocycles. The van der Waals surface area contributed by atoms with Gasteiger partial charge in [-0.3, -0.25) is 4.68 Å². The quantitative estimate of drug-likeness (QED) is 0.454. The highest BCUT2D eigenvalue weighted by atomic mass is 19.1. The van der Waals surface area contributed by atoms with Gasteiger partial charge in [0, 0.05) is 36.0 Å². The van der Waals surface area contributed by atoms with E-state index >= 15 is 0 Å². The normalized spacial score (nSPS) is 10.9. The van der Waals surface area contributed by atoms with Crippen LogP contribution in [0.15, 0.2) is 55.0 Å². The van der Waals surface area contributed by atoms with Gasteiger partial charge in [-0.2, -0.15) is 10.1 Å². The molecule has 3 aromatic heterocycles. The van der Waals surface area contributed by atoms with E-state index in [-0.39, 0.29) is 12.4 Å². The Morgan fingerprint density at radius 3 is 2.82 bits per heavy atom. The molecule has 0 spiro atoms. The lowest BCUT2D eigenvalue weighted by Crippen LogP contribution is -2.09. The average Bonchev–Trinajstić information content (AvgIpc) is 3.11. The lowest BCUT2D eigenvalue weighted by Gasteiger charge is -2.08. The maximum absolute atomic E-state index is 14.0. The summed E-state index contributed by atoms with van der Waals surface area (Å²) in [5.74, 6) is 1.28. The molecule has 8 nitrogen and oxygen atoms in total. The number of nitrogens with zero attached hydrogens (tertiary/aromatic N) is 5. The van der Waals surface area contributed by atoms with Crippen LogP contribution in [0, 0.1) is 5.82 Å². The highest BCUT2D eigenvalue weighted by molar-refractivity contribution is 5.81. The topological polar surface area (TPSA) is 101 Å². The smallest absolute Gasteiger partial charge is 0.224 e. The third-order valence-corrected chi connectivity index (χ3v) is 4.11. The SMILES string of the molecule is OCCNc1nccc(Nc2cc3c(cn2)cnn3Cc2ccccc2F)n1. The van der Waals surface area contributed by atoms with Crippen LogP contribution >= 0.6 is 0 Å². The zero-order valence-electron chi connectivity index (χ0n) is 14.9. The fraction of sp³-hybridized carbons (Fsp3) is 0.158. The van der Waals surface area contributed by atoms with Crippen LogP contribution in [0.4, 0.5) is 22.0 Å². The summed E-state index contributed by atoms with van der Waals surface area (Å²) < 4.78 is 15.7. The van der Waals surface area contributed by atoms with E-state index in [0.717, 1.165) is 10.9 Å². The van der Waals surface area contributed by atoms with Crippen molar-refractivity contribution in [1.29, 1.82) is 0 Å². The minimum atomic E-state index is -0.262. The Kier molecular flexibility index (Phi) is 5.07. The number of aliphatic hydroxyl groups excluding tert-OH is 1. The van der Waals surface area contributed by atoms with E-state index in [1.54, 1.807) is 47.5 Å². The molecule has 4 aromatic rings. The number of benzene rings is 1. The van der Waals surface area contributed by atoms with Gasteiger partial charge in [0.2, 0.25) is 5.95 Å². The third kappa shape index (κ3) is 3.89. The van der Waals surface area contributed by atoms with Gasteiger partial charge in [0.1, 0.15) is 17.5 Å². The molecule has 0 aliphatic heterocycles. The molecule has 0 saturated heterocycles. The van der Waals surface area contributed by atoms with Gasteiger partial charge in [0.15, 0.2) is 0 Å². The number of halogens is 1. The zero-order chi connectivity index (χ0) is 19.3. The Bertz CT molecular complexity index is 1100. The molecule has 1 aromatic carbocycles. The van der Waals surface area contributed by atoms with Crippen LogP contribution in [0.2, 0.25) is 0 Å². The molecule has 142 valence electrons. The Balaban J connectivity index is 1.58. The highest BCUT2D eigenvalue weighted by Crippen LogP contribution is 2.20. The van der Waals surface area contributed by atoms with Crippen molar-refractivity contribution >= 4 is 28.5 Å². The van der Waals surface area contributed by atoms with Gasteiger partial charge in [-0.25, -0.2) is 14.4 Å². The van der Waals surface area contributed by atoms with E-state index in [1.165, 1.54) is 6.07 Å². The van der Waals surface area contributed by atoms with Crippen molar-refractivity contribution in [2.45, 2.75) is 6.54 Å². The first-order valence-electron chi connectivity index (χ1n) is 8.73. The van der Waals surface area contributed by atoms with Crippen LogP contribution < -0.4 is 10.6 Å². The van der Waals surface area contributed by atoms with Crippen molar-refractivity contribution in [3.63, 3.8) is 0 Å². The van der Waals surface area contributed by atoms with E-state index < -0.39 is 0 Å². The van der Waals surface area contributed by atoms with Crippen LogP contribution in [0.5, 0.6) is 0 Å². The fourth-order valence-electron chi connectivity index (χ4n) is 2.77. The summed E-state index contributed by atoms with van der Waals surface area (Å²) in [6.07, 6.45) is 5.01. The van der Waals surface area contributed by atoms with Gasteiger partial charge in [-0.1, -0.05) is 18.2 Å². The van der Waals surface area contributed by atoms with Gasteiger partial charge in [-0.05, 0) is 12.1 Å². The van der Waals surface area contributed by atoms with Gasteiger partial charge in [-0.15, -0.1) is 0 Å². The lowest BCUT2D eigenvalue weighted by molar-refractivity contribution is 0.311. The second-order valence-corrected chi connectivity index (χ2v) is 6.06. The standard InChI is InChI=1S/C19H18FN7O/c20-15-4-2-1-3-13(15)12-27-16-9-18(23-10-14(16)11-24-27)25-17-5-6-21-19(26-17)22-7-8-28/h1-6,9-11,28H,7-8,12H2,(H2,21,22,23,25,26). The van der Waals surface area contributed by atoms with Crippen molar-refractivity contribution in [3.8, 4) is 0 Å². The van der Waals surface area contributed by atoms with Crippen LogP contribution in [-0.2, 0) is 6.54 Å². The Labute approximate surface area is 160 Å². The van der Waals surface area contributed by atoms with Crippen LogP contribution in [0.3, 0.4) is 0 Å². The molecular formula is C19H18FN7O. The van der Waals surface area contributed by atoms with Crippen molar-refractivity contribution in [1.82, 2.24) is 24.7 Å². The number of aromatic nitrogens is 5.